The third-order valence-electron chi connectivity index (χ3n) is 2.73. The second-order valence-electron chi connectivity index (χ2n) is 4.28. The molecule has 22 heavy (non-hydrogen) atoms. The van der Waals surface area contributed by atoms with Gasteiger partial charge < -0.3 is 4.74 Å². The maximum absolute atomic E-state index is 11.7. The second-order valence-corrected chi connectivity index (χ2v) is 6.18. The summed E-state index contributed by atoms with van der Waals surface area (Å²) in [5.41, 5.74) is 3.42. The van der Waals surface area contributed by atoms with Gasteiger partial charge in [0.25, 0.3) is 0 Å². The first-order chi connectivity index (χ1) is 10.7. The van der Waals surface area contributed by atoms with E-state index in [1.807, 2.05) is 48.5 Å². The summed E-state index contributed by atoms with van der Waals surface area (Å²) < 4.78 is 6.02. The highest BCUT2D eigenvalue weighted by atomic mass is 79.9. The molecule has 4 nitrogen and oxygen atoms in total. The fraction of sp³-hybridized carbons (Fsp3) is 0.125. The van der Waals surface area contributed by atoms with Crippen LogP contribution in [0.1, 0.15) is 5.56 Å². The Morgan fingerprint density at radius 1 is 1.27 bits per heavy atom. The lowest BCUT2D eigenvalue weighted by Gasteiger charge is -2.03. The van der Waals surface area contributed by atoms with E-state index in [1.165, 1.54) is 11.8 Å². The van der Waals surface area contributed by atoms with Crippen molar-refractivity contribution in [2.45, 2.75) is 4.90 Å². The van der Waals surface area contributed by atoms with Crippen molar-refractivity contribution in [2.75, 3.05) is 12.9 Å². The molecule has 0 bridgehead atoms. The number of hydrogen-bond donors (Lipinski definition) is 1. The van der Waals surface area contributed by atoms with Crippen molar-refractivity contribution < 1.29 is 9.53 Å². The number of hydrogen-bond acceptors (Lipinski definition) is 4. The van der Waals surface area contributed by atoms with Gasteiger partial charge in [0.15, 0.2) is 0 Å². The number of methoxy groups -OCH3 is 1. The summed E-state index contributed by atoms with van der Waals surface area (Å²) in [6.07, 6.45) is 1.61. The van der Waals surface area contributed by atoms with Gasteiger partial charge in [-0.15, -0.1) is 11.8 Å². The van der Waals surface area contributed by atoms with E-state index in [0.29, 0.717) is 5.75 Å². The van der Waals surface area contributed by atoms with Gasteiger partial charge in [-0.25, -0.2) is 5.43 Å². The van der Waals surface area contributed by atoms with Crippen LogP contribution in [-0.2, 0) is 4.79 Å². The molecule has 0 radical (unpaired) electrons. The molecule has 2 rings (SSSR count). The van der Waals surface area contributed by atoms with Gasteiger partial charge in [0.1, 0.15) is 5.75 Å². The Balaban J connectivity index is 1.79. The van der Waals surface area contributed by atoms with Crippen LogP contribution in [0.3, 0.4) is 0 Å². The zero-order valence-electron chi connectivity index (χ0n) is 12.0. The van der Waals surface area contributed by atoms with Crippen molar-refractivity contribution in [3.8, 4) is 5.75 Å². The fourth-order valence-corrected chi connectivity index (χ4v) is 2.68. The van der Waals surface area contributed by atoms with Crippen molar-refractivity contribution in [1.29, 1.82) is 0 Å². The van der Waals surface area contributed by atoms with Gasteiger partial charge in [0, 0.05) is 14.9 Å². The zero-order chi connectivity index (χ0) is 15.8. The van der Waals surface area contributed by atoms with Gasteiger partial charge in [-0.1, -0.05) is 34.1 Å². The molecule has 0 fully saturated rings. The highest BCUT2D eigenvalue weighted by molar-refractivity contribution is 9.10. The van der Waals surface area contributed by atoms with E-state index in [9.17, 15) is 4.79 Å². The van der Waals surface area contributed by atoms with Gasteiger partial charge in [-0.2, -0.15) is 5.10 Å². The van der Waals surface area contributed by atoms with Gasteiger partial charge in [-0.3, -0.25) is 4.79 Å². The van der Waals surface area contributed by atoms with Crippen LogP contribution >= 0.6 is 27.7 Å². The predicted molar refractivity (Wildman–Crippen MR) is 93.6 cm³/mol. The maximum atomic E-state index is 11.7. The number of amides is 1. The third-order valence-corrected chi connectivity index (χ3v) is 4.46. The maximum Gasteiger partial charge on any atom is 0.250 e. The van der Waals surface area contributed by atoms with E-state index in [1.54, 1.807) is 13.3 Å². The summed E-state index contributed by atoms with van der Waals surface area (Å²) in [5, 5.41) is 3.95. The van der Waals surface area contributed by atoms with E-state index in [0.717, 1.165) is 20.7 Å². The Hall–Kier alpha value is -1.79. The van der Waals surface area contributed by atoms with Gasteiger partial charge >= 0.3 is 0 Å². The minimum absolute atomic E-state index is 0.149. The summed E-state index contributed by atoms with van der Waals surface area (Å²) in [6.45, 7) is 0. The van der Waals surface area contributed by atoms with E-state index in [4.69, 9.17) is 4.74 Å². The van der Waals surface area contributed by atoms with Crippen molar-refractivity contribution >= 4 is 39.8 Å². The average Bonchev–Trinajstić information content (AvgIpc) is 2.55. The van der Waals surface area contributed by atoms with Crippen LogP contribution in [0.15, 0.2) is 63.0 Å². The number of nitrogens with zero attached hydrogens (tertiary/aromatic N) is 1. The molecular weight excluding hydrogens is 364 g/mol. The molecule has 114 valence electrons. The molecule has 2 aromatic carbocycles. The molecule has 0 unspecified atom stereocenters. The Bertz CT molecular complexity index is 659. The SMILES string of the molecule is COc1ccc(SCC(=O)N/N=C\c2ccccc2Br)cc1. The Kier molecular flexibility index (Phi) is 6.48. The Labute approximate surface area is 142 Å². The van der Waals surface area contributed by atoms with Gasteiger partial charge in [0.05, 0.1) is 19.1 Å². The number of carbonyl (C=O) groups excluding carboxylic acids is 1. The summed E-state index contributed by atoms with van der Waals surface area (Å²) >= 11 is 4.86. The molecule has 0 heterocycles. The number of nitrogens with one attached hydrogen (secondary N) is 1. The minimum atomic E-state index is -0.149. The highest BCUT2D eigenvalue weighted by Crippen LogP contribution is 2.20. The smallest absolute Gasteiger partial charge is 0.250 e. The molecule has 0 aliphatic rings. The van der Waals surface area contributed by atoms with Crippen molar-refractivity contribution in [2.24, 2.45) is 5.10 Å². The molecule has 0 aliphatic carbocycles. The van der Waals surface area contributed by atoms with E-state index in [-0.39, 0.29) is 5.91 Å². The molecule has 0 aliphatic heterocycles. The molecule has 6 heteroatoms. The lowest BCUT2D eigenvalue weighted by molar-refractivity contribution is -0.118. The van der Waals surface area contributed by atoms with Crippen LogP contribution in [0.25, 0.3) is 0 Å². The van der Waals surface area contributed by atoms with Gasteiger partial charge in [0.2, 0.25) is 5.91 Å². The van der Waals surface area contributed by atoms with E-state index >= 15 is 0 Å². The molecule has 0 aromatic heterocycles. The molecule has 1 N–H and O–H groups in total. The molecule has 1 amide bonds. The number of halogens is 1. The van der Waals surface area contributed by atoms with Crippen LogP contribution in [0.5, 0.6) is 5.75 Å². The topological polar surface area (TPSA) is 50.7 Å². The van der Waals surface area contributed by atoms with Crippen LogP contribution in [0.4, 0.5) is 0 Å². The number of rotatable bonds is 6. The quantitative estimate of drug-likeness (QED) is 0.473. The monoisotopic (exact) mass is 378 g/mol. The van der Waals surface area contributed by atoms with E-state index in [2.05, 4.69) is 26.5 Å². The molecule has 2 aromatic rings. The molecule has 0 saturated heterocycles. The summed E-state index contributed by atoms with van der Waals surface area (Å²) in [7, 11) is 1.62. The summed E-state index contributed by atoms with van der Waals surface area (Å²) in [4.78, 5) is 12.7. The second kappa shape index (κ2) is 8.60. The summed E-state index contributed by atoms with van der Waals surface area (Å²) in [5.74, 6) is 0.954. The lowest BCUT2D eigenvalue weighted by atomic mass is 10.2. The zero-order valence-corrected chi connectivity index (χ0v) is 14.4. The van der Waals surface area contributed by atoms with Crippen molar-refractivity contribution in [3.05, 3.63) is 58.6 Å². The Morgan fingerprint density at radius 3 is 2.68 bits per heavy atom. The number of benzene rings is 2. The number of thioether (sulfide) groups is 1. The first-order valence-electron chi connectivity index (χ1n) is 6.52. The Morgan fingerprint density at radius 2 is 2.00 bits per heavy atom. The van der Waals surface area contributed by atoms with Gasteiger partial charge in [-0.05, 0) is 30.3 Å². The molecule has 0 saturated carbocycles. The van der Waals surface area contributed by atoms with Crippen LogP contribution in [0.2, 0.25) is 0 Å². The van der Waals surface area contributed by atoms with Crippen LogP contribution in [0, 0.1) is 0 Å². The number of ether oxygens (including phenoxy) is 1. The van der Waals surface area contributed by atoms with Crippen molar-refractivity contribution in [1.82, 2.24) is 5.43 Å². The first kappa shape index (κ1) is 16.6. The van der Waals surface area contributed by atoms with Crippen molar-refractivity contribution in [3.63, 3.8) is 0 Å². The van der Waals surface area contributed by atoms with Crippen LogP contribution < -0.4 is 10.2 Å². The summed E-state index contributed by atoms with van der Waals surface area (Å²) in [6, 6.07) is 15.2. The standard InChI is InChI=1S/C16H15BrN2O2S/c1-21-13-6-8-14(9-7-13)22-11-16(20)19-18-10-12-4-2-3-5-15(12)17/h2-10H,11H2,1H3,(H,19,20)/b18-10-. The molecule has 0 atom stereocenters. The molecular formula is C16H15BrN2O2S. The lowest BCUT2D eigenvalue weighted by Crippen LogP contribution is -2.19. The highest BCUT2D eigenvalue weighted by Gasteiger charge is 2.02. The number of hydrazone groups is 1. The largest absolute Gasteiger partial charge is 0.497 e. The molecule has 0 spiro atoms. The normalized spacial score (nSPS) is 10.6. The minimum Gasteiger partial charge on any atom is -0.497 e. The average molecular weight is 379 g/mol. The first-order valence-corrected chi connectivity index (χ1v) is 8.30. The fourth-order valence-electron chi connectivity index (χ4n) is 1.61. The van der Waals surface area contributed by atoms with Crippen LogP contribution in [-0.4, -0.2) is 25.0 Å². The predicted octanol–water partition coefficient (Wildman–Crippen LogP) is 3.70. The number of carbonyl (C=O) groups is 1. The van der Waals surface area contributed by atoms with E-state index < -0.39 is 0 Å². The third kappa shape index (κ3) is 5.20.